The lowest BCUT2D eigenvalue weighted by Crippen LogP contribution is -1.82. The van der Waals surface area contributed by atoms with Gasteiger partial charge in [-0.2, -0.15) is 0 Å². The smallest absolute Gasteiger partial charge is 0.0351 e. The summed E-state index contributed by atoms with van der Waals surface area (Å²) in [4.78, 5) is 0. The Morgan fingerprint density at radius 1 is 0.250 bits per heavy atom. The fourth-order valence-corrected chi connectivity index (χ4v) is 4.50. The Bertz CT molecular complexity index is 364. The predicted molar refractivity (Wildman–Crippen MR) is 150 cm³/mol. The summed E-state index contributed by atoms with van der Waals surface area (Å²) in [6.45, 7) is 4.58. The molecule has 0 aliphatic heterocycles. The van der Waals surface area contributed by atoms with Crippen molar-refractivity contribution in [3.8, 4) is 0 Å². The van der Waals surface area contributed by atoms with Gasteiger partial charge in [-0.3, -0.25) is 0 Å². The zero-order chi connectivity index (χ0) is 23.2. The second kappa shape index (κ2) is 30.5. The molecule has 0 amide bonds. The minimum atomic E-state index is 1.30. The number of unbranched alkanes of at least 4 members (excludes halogenated alkanes) is 23. The topological polar surface area (TPSA) is 0 Å². The van der Waals surface area contributed by atoms with Crippen LogP contribution in [0.2, 0.25) is 0 Å². The van der Waals surface area contributed by atoms with Crippen LogP contribution in [0, 0.1) is 0 Å². The quantitative estimate of drug-likeness (QED) is 0.0868. The van der Waals surface area contributed by atoms with E-state index in [9.17, 15) is 0 Å². The molecule has 0 radical (unpaired) electrons. The first kappa shape index (κ1) is 31.5. The highest BCUT2D eigenvalue weighted by atomic mass is 14.0. The van der Waals surface area contributed by atoms with E-state index in [0.29, 0.717) is 0 Å². The molecule has 0 aliphatic rings. The summed E-state index contributed by atoms with van der Waals surface area (Å²) < 4.78 is 0. The van der Waals surface area contributed by atoms with Crippen LogP contribution in [0.15, 0.2) is 24.3 Å². The van der Waals surface area contributed by atoms with Crippen LogP contribution in [-0.4, -0.2) is 0 Å². The third-order valence-corrected chi connectivity index (χ3v) is 6.77. The van der Waals surface area contributed by atoms with Crippen LogP contribution in [-0.2, 0) is 0 Å². The van der Waals surface area contributed by atoms with Gasteiger partial charge in [0, 0.05) is 0 Å². The average Bonchev–Trinajstić information content (AvgIpc) is 2.81. The maximum Gasteiger partial charge on any atom is -0.0351 e. The van der Waals surface area contributed by atoms with Gasteiger partial charge in [0.1, 0.15) is 0 Å². The van der Waals surface area contributed by atoms with E-state index in [0.717, 1.165) is 0 Å². The lowest BCUT2D eigenvalue weighted by atomic mass is 10.0. The van der Waals surface area contributed by atoms with Crippen molar-refractivity contribution >= 4 is 0 Å². The second-order valence-corrected chi connectivity index (χ2v) is 10.2. The van der Waals surface area contributed by atoms with Crippen molar-refractivity contribution in [1.29, 1.82) is 0 Å². The average molecular weight is 447 g/mol. The fourth-order valence-electron chi connectivity index (χ4n) is 4.50. The SMILES string of the molecule is CCCCCCC=CCCCCCCCCCCCCC=CCCCCCCCCCC. The van der Waals surface area contributed by atoms with Gasteiger partial charge in [-0.15, -0.1) is 0 Å². The Balaban J connectivity index is 3.10. The van der Waals surface area contributed by atoms with E-state index in [-0.39, 0.29) is 0 Å². The summed E-state index contributed by atoms with van der Waals surface area (Å²) >= 11 is 0. The monoisotopic (exact) mass is 446 g/mol. The van der Waals surface area contributed by atoms with Gasteiger partial charge in [-0.1, -0.05) is 154 Å². The van der Waals surface area contributed by atoms with Gasteiger partial charge in [0.25, 0.3) is 0 Å². The molecule has 0 aromatic carbocycles. The maximum absolute atomic E-state index is 2.45. The Kier molecular flexibility index (Phi) is 30.0. The molecule has 0 spiro atoms. The van der Waals surface area contributed by atoms with Gasteiger partial charge in [0.05, 0.1) is 0 Å². The van der Waals surface area contributed by atoms with E-state index < -0.39 is 0 Å². The summed E-state index contributed by atoms with van der Waals surface area (Å²) in [7, 11) is 0. The molecule has 190 valence electrons. The summed E-state index contributed by atoms with van der Waals surface area (Å²) in [5.41, 5.74) is 0. The van der Waals surface area contributed by atoms with Crippen LogP contribution in [0.1, 0.15) is 181 Å². The van der Waals surface area contributed by atoms with Crippen molar-refractivity contribution in [2.45, 2.75) is 181 Å². The summed E-state index contributed by atoms with van der Waals surface area (Å²) in [6.07, 6.45) is 46.4. The van der Waals surface area contributed by atoms with Crippen LogP contribution in [0.5, 0.6) is 0 Å². The molecule has 0 aromatic rings. The van der Waals surface area contributed by atoms with Crippen molar-refractivity contribution in [3.63, 3.8) is 0 Å². The Morgan fingerprint density at radius 2 is 0.438 bits per heavy atom. The first-order valence-electron chi connectivity index (χ1n) is 15.2. The van der Waals surface area contributed by atoms with Crippen LogP contribution in [0.25, 0.3) is 0 Å². The minimum absolute atomic E-state index is 1.30. The lowest BCUT2D eigenvalue weighted by Gasteiger charge is -2.02. The molecule has 0 bridgehead atoms. The molecule has 0 saturated heterocycles. The molecule has 0 heterocycles. The van der Waals surface area contributed by atoms with Gasteiger partial charge >= 0.3 is 0 Å². The van der Waals surface area contributed by atoms with Gasteiger partial charge in [-0.25, -0.2) is 0 Å². The minimum Gasteiger partial charge on any atom is -0.0885 e. The largest absolute Gasteiger partial charge is 0.0885 e. The number of hydrogen-bond donors (Lipinski definition) is 0. The number of hydrogen-bond acceptors (Lipinski definition) is 0. The molecular formula is C32H62. The van der Waals surface area contributed by atoms with Crippen LogP contribution < -0.4 is 0 Å². The summed E-state index contributed by atoms with van der Waals surface area (Å²) in [5.74, 6) is 0. The van der Waals surface area contributed by atoms with E-state index in [1.54, 1.807) is 0 Å². The molecule has 0 heteroatoms. The molecule has 0 N–H and O–H groups in total. The molecule has 0 saturated carbocycles. The standard InChI is InChI=1S/C32H62/c1-3-5-7-9-11-13-15-17-19-21-23-25-27-29-31-32-30-28-26-24-22-20-18-16-14-12-10-8-6-4-2/h13,15,22,24H,3-12,14,16-21,23,25-32H2,1-2H3. The first-order valence-corrected chi connectivity index (χ1v) is 15.2. The van der Waals surface area contributed by atoms with E-state index in [2.05, 4.69) is 38.2 Å². The molecular weight excluding hydrogens is 384 g/mol. The van der Waals surface area contributed by atoms with Gasteiger partial charge in [0.2, 0.25) is 0 Å². The molecule has 0 rings (SSSR count). The molecule has 0 nitrogen and oxygen atoms in total. The van der Waals surface area contributed by atoms with Crippen molar-refractivity contribution in [2.75, 3.05) is 0 Å². The number of allylic oxidation sites excluding steroid dienone is 4. The Labute approximate surface area is 205 Å². The second-order valence-electron chi connectivity index (χ2n) is 10.2. The molecule has 0 aromatic heterocycles. The molecule has 0 unspecified atom stereocenters. The van der Waals surface area contributed by atoms with Gasteiger partial charge in [-0.05, 0) is 51.4 Å². The van der Waals surface area contributed by atoms with Gasteiger partial charge in [0.15, 0.2) is 0 Å². The van der Waals surface area contributed by atoms with Crippen molar-refractivity contribution < 1.29 is 0 Å². The summed E-state index contributed by atoms with van der Waals surface area (Å²) in [6, 6.07) is 0. The highest BCUT2D eigenvalue weighted by molar-refractivity contribution is 4.82. The molecule has 0 fully saturated rings. The molecule has 0 aliphatic carbocycles. The Morgan fingerprint density at radius 3 is 0.688 bits per heavy atom. The summed E-state index contributed by atoms with van der Waals surface area (Å²) in [5, 5.41) is 0. The van der Waals surface area contributed by atoms with Crippen molar-refractivity contribution in [3.05, 3.63) is 24.3 Å². The third kappa shape index (κ3) is 29.5. The fraction of sp³-hybridized carbons (Fsp3) is 0.875. The van der Waals surface area contributed by atoms with E-state index >= 15 is 0 Å². The predicted octanol–water partition coefficient (Wildman–Crippen LogP) is 12.3. The highest BCUT2D eigenvalue weighted by Gasteiger charge is 1.93. The zero-order valence-electron chi connectivity index (χ0n) is 22.7. The molecule has 0 atom stereocenters. The third-order valence-electron chi connectivity index (χ3n) is 6.77. The van der Waals surface area contributed by atoms with Crippen molar-refractivity contribution in [1.82, 2.24) is 0 Å². The zero-order valence-corrected chi connectivity index (χ0v) is 22.7. The highest BCUT2D eigenvalue weighted by Crippen LogP contribution is 2.13. The normalized spacial score (nSPS) is 11.9. The van der Waals surface area contributed by atoms with E-state index in [4.69, 9.17) is 0 Å². The number of rotatable bonds is 27. The van der Waals surface area contributed by atoms with E-state index in [1.165, 1.54) is 167 Å². The molecule has 32 heavy (non-hydrogen) atoms. The van der Waals surface area contributed by atoms with Crippen LogP contribution in [0.3, 0.4) is 0 Å². The van der Waals surface area contributed by atoms with Crippen molar-refractivity contribution in [2.24, 2.45) is 0 Å². The lowest BCUT2D eigenvalue weighted by molar-refractivity contribution is 0.553. The van der Waals surface area contributed by atoms with Gasteiger partial charge < -0.3 is 0 Å². The Hall–Kier alpha value is -0.520. The van der Waals surface area contributed by atoms with E-state index in [1.807, 2.05) is 0 Å². The maximum atomic E-state index is 2.45. The first-order chi connectivity index (χ1) is 15.9. The van der Waals surface area contributed by atoms with Crippen LogP contribution >= 0.6 is 0 Å². The van der Waals surface area contributed by atoms with Crippen LogP contribution in [0.4, 0.5) is 0 Å².